The molecule has 0 saturated carbocycles. The van der Waals surface area contributed by atoms with Gasteiger partial charge in [0.2, 0.25) is 0 Å². The molecular weight excluding hydrogens is 193 g/mol. The minimum atomic E-state index is -0.303. The summed E-state index contributed by atoms with van der Waals surface area (Å²) in [7, 11) is 1.84. The summed E-state index contributed by atoms with van der Waals surface area (Å²) in [5.41, 5.74) is 5.94. The van der Waals surface area contributed by atoms with Crippen LogP contribution in [0.15, 0.2) is 12.3 Å². The quantitative estimate of drug-likeness (QED) is 0.825. The van der Waals surface area contributed by atoms with Crippen molar-refractivity contribution in [1.29, 1.82) is 0 Å². The monoisotopic (exact) mass is 211 g/mol. The van der Waals surface area contributed by atoms with Crippen LogP contribution in [0.2, 0.25) is 0 Å². The first-order chi connectivity index (χ1) is 7.06. The molecular formula is C11H18FN3. The average molecular weight is 211 g/mol. The van der Waals surface area contributed by atoms with Crippen LogP contribution >= 0.6 is 0 Å². The first-order valence-corrected chi connectivity index (χ1v) is 5.10. The normalized spacial score (nSPS) is 10.8. The van der Waals surface area contributed by atoms with Crippen molar-refractivity contribution in [3.8, 4) is 0 Å². The Hall–Kier alpha value is -1.16. The molecule has 0 atom stereocenters. The molecule has 1 aromatic heterocycles. The summed E-state index contributed by atoms with van der Waals surface area (Å²) in [5, 5.41) is 0. The van der Waals surface area contributed by atoms with E-state index in [1.807, 2.05) is 11.9 Å². The zero-order valence-corrected chi connectivity index (χ0v) is 9.50. The number of nitrogens with zero attached hydrogens (tertiary/aromatic N) is 2. The lowest BCUT2D eigenvalue weighted by Crippen LogP contribution is -2.25. The van der Waals surface area contributed by atoms with Gasteiger partial charge in [-0.25, -0.2) is 9.37 Å². The molecule has 0 bridgehead atoms. The maximum absolute atomic E-state index is 13.8. The molecule has 3 nitrogen and oxygen atoms in total. The number of nitrogens with two attached hydrogens (primary N) is 1. The van der Waals surface area contributed by atoms with Crippen molar-refractivity contribution in [3.63, 3.8) is 0 Å². The van der Waals surface area contributed by atoms with E-state index in [1.165, 1.54) is 0 Å². The Morgan fingerprint density at radius 1 is 1.53 bits per heavy atom. The van der Waals surface area contributed by atoms with E-state index in [9.17, 15) is 4.39 Å². The van der Waals surface area contributed by atoms with E-state index in [0.717, 1.165) is 6.54 Å². The van der Waals surface area contributed by atoms with Crippen molar-refractivity contribution >= 4 is 5.82 Å². The van der Waals surface area contributed by atoms with Gasteiger partial charge in [0.1, 0.15) is 0 Å². The number of hydrogen-bond donors (Lipinski definition) is 1. The number of hydrogen-bond acceptors (Lipinski definition) is 3. The predicted octanol–water partition coefficient (Wildman–Crippen LogP) is 1.77. The summed E-state index contributed by atoms with van der Waals surface area (Å²) in [4.78, 5) is 5.85. The second-order valence-corrected chi connectivity index (χ2v) is 4.09. The zero-order chi connectivity index (χ0) is 11.4. The van der Waals surface area contributed by atoms with Crippen LogP contribution in [-0.2, 0) is 6.54 Å². The summed E-state index contributed by atoms with van der Waals surface area (Å²) in [6.45, 7) is 5.15. The van der Waals surface area contributed by atoms with Gasteiger partial charge in [-0.15, -0.1) is 0 Å². The highest BCUT2D eigenvalue weighted by Gasteiger charge is 2.13. The fraction of sp³-hybridized carbons (Fsp3) is 0.545. The highest BCUT2D eigenvalue weighted by molar-refractivity contribution is 5.42. The number of aromatic nitrogens is 1. The third-order valence-corrected chi connectivity index (χ3v) is 2.17. The smallest absolute Gasteiger partial charge is 0.170 e. The fourth-order valence-electron chi connectivity index (χ4n) is 1.53. The standard InChI is InChI=1S/C11H18FN3/c1-8(2)7-15(3)11-10(12)9(6-13)4-5-14-11/h4-5,8H,6-7,13H2,1-3H3. The van der Waals surface area contributed by atoms with E-state index in [-0.39, 0.29) is 12.4 Å². The number of pyridine rings is 1. The zero-order valence-electron chi connectivity index (χ0n) is 9.50. The second-order valence-electron chi connectivity index (χ2n) is 4.09. The van der Waals surface area contributed by atoms with Gasteiger partial charge in [-0.05, 0) is 12.0 Å². The molecule has 1 heterocycles. The van der Waals surface area contributed by atoms with Crippen LogP contribution in [0.4, 0.5) is 10.2 Å². The molecule has 0 radical (unpaired) electrons. The van der Waals surface area contributed by atoms with Gasteiger partial charge in [0, 0.05) is 31.9 Å². The van der Waals surface area contributed by atoms with E-state index in [2.05, 4.69) is 18.8 Å². The summed E-state index contributed by atoms with van der Waals surface area (Å²) >= 11 is 0. The minimum Gasteiger partial charge on any atom is -0.357 e. The highest BCUT2D eigenvalue weighted by atomic mass is 19.1. The molecule has 4 heteroatoms. The maximum Gasteiger partial charge on any atom is 0.170 e. The largest absolute Gasteiger partial charge is 0.357 e. The first kappa shape index (κ1) is 11.9. The van der Waals surface area contributed by atoms with Gasteiger partial charge in [0.25, 0.3) is 0 Å². The van der Waals surface area contributed by atoms with Crippen LogP contribution in [0.5, 0.6) is 0 Å². The summed E-state index contributed by atoms with van der Waals surface area (Å²) in [6.07, 6.45) is 1.59. The van der Waals surface area contributed by atoms with E-state index in [1.54, 1.807) is 12.3 Å². The van der Waals surface area contributed by atoms with Gasteiger partial charge < -0.3 is 10.6 Å². The summed E-state index contributed by atoms with van der Waals surface area (Å²) < 4.78 is 13.8. The number of rotatable bonds is 4. The van der Waals surface area contributed by atoms with Crippen LogP contribution in [0.25, 0.3) is 0 Å². The van der Waals surface area contributed by atoms with Gasteiger partial charge in [0.15, 0.2) is 11.6 Å². The lowest BCUT2D eigenvalue weighted by Gasteiger charge is -2.21. The van der Waals surface area contributed by atoms with Gasteiger partial charge in [-0.3, -0.25) is 0 Å². The molecule has 0 saturated heterocycles. The lowest BCUT2D eigenvalue weighted by molar-refractivity contribution is 0.580. The van der Waals surface area contributed by atoms with E-state index in [4.69, 9.17) is 5.73 Å². The molecule has 1 aromatic rings. The number of anilines is 1. The molecule has 84 valence electrons. The van der Waals surface area contributed by atoms with Crippen molar-refractivity contribution in [1.82, 2.24) is 4.98 Å². The topological polar surface area (TPSA) is 42.2 Å². The van der Waals surface area contributed by atoms with Crippen molar-refractivity contribution in [2.75, 3.05) is 18.5 Å². The van der Waals surface area contributed by atoms with Gasteiger partial charge >= 0.3 is 0 Å². The first-order valence-electron chi connectivity index (χ1n) is 5.10. The van der Waals surface area contributed by atoms with Crippen LogP contribution in [0, 0.1) is 11.7 Å². The molecule has 0 spiro atoms. The average Bonchev–Trinajstić information content (AvgIpc) is 2.17. The van der Waals surface area contributed by atoms with Crippen LogP contribution < -0.4 is 10.6 Å². The van der Waals surface area contributed by atoms with E-state index >= 15 is 0 Å². The third kappa shape index (κ3) is 2.89. The Morgan fingerprint density at radius 2 is 2.20 bits per heavy atom. The van der Waals surface area contributed by atoms with E-state index < -0.39 is 0 Å². The predicted molar refractivity (Wildman–Crippen MR) is 60.2 cm³/mol. The summed E-state index contributed by atoms with van der Waals surface area (Å²) in [6, 6.07) is 1.61. The Bertz CT molecular complexity index is 326. The molecule has 0 aromatic carbocycles. The molecule has 0 fully saturated rings. The van der Waals surface area contributed by atoms with Gasteiger partial charge in [-0.2, -0.15) is 0 Å². The fourth-order valence-corrected chi connectivity index (χ4v) is 1.53. The Balaban J connectivity index is 2.93. The third-order valence-electron chi connectivity index (χ3n) is 2.17. The highest BCUT2D eigenvalue weighted by Crippen LogP contribution is 2.18. The molecule has 0 aliphatic carbocycles. The molecule has 1 rings (SSSR count). The Kier molecular flexibility index (Phi) is 4.03. The van der Waals surface area contributed by atoms with Gasteiger partial charge in [0.05, 0.1) is 0 Å². The SMILES string of the molecule is CC(C)CN(C)c1nccc(CN)c1F. The lowest BCUT2D eigenvalue weighted by atomic mass is 10.2. The number of halogens is 1. The Morgan fingerprint density at radius 3 is 2.73 bits per heavy atom. The Labute approximate surface area is 90.1 Å². The maximum atomic E-state index is 13.8. The molecule has 2 N–H and O–H groups in total. The molecule has 0 unspecified atom stereocenters. The van der Waals surface area contributed by atoms with E-state index in [0.29, 0.717) is 17.3 Å². The molecule has 0 aliphatic heterocycles. The van der Waals surface area contributed by atoms with Crippen LogP contribution in [0.1, 0.15) is 19.4 Å². The van der Waals surface area contributed by atoms with Crippen molar-refractivity contribution in [2.45, 2.75) is 20.4 Å². The van der Waals surface area contributed by atoms with Crippen molar-refractivity contribution in [3.05, 3.63) is 23.6 Å². The summed E-state index contributed by atoms with van der Waals surface area (Å²) in [5.74, 6) is 0.549. The van der Waals surface area contributed by atoms with Crippen LogP contribution in [-0.4, -0.2) is 18.6 Å². The second kappa shape index (κ2) is 5.07. The van der Waals surface area contributed by atoms with Crippen molar-refractivity contribution in [2.24, 2.45) is 11.7 Å². The van der Waals surface area contributed by atoms with Crippen molar-refractivity contribution < 1.29 is 4.39 Å². The van der Waals surface area contributed by atoms with Crippen LogP contribution in [0.3, 0.4) is 0 Å². The molecule has 0 amide bonds. The molecule has 0 aliphatic rings. The minimum absolute atomic E-state index is 0.205. The molecule has 15 heavy (non-hydrogen) atoms. The van der Waals surface area contributed by atoms with Gasteiger partial charge in [-0.1, -0.05) is 13.8 Å².